The average molecular weight is 477 g/mol. The summed E-state index contributed by atoms with van der Waals surface area (Å²) in [7, 11) is 0. The molecular weight excluding hydrogens is 456 g/mol. The predicted octanol–water partition coefficient (Wildman–Crippen LogP) is 3.12. The van der Waals surface area contributed by atoms with Crippen LogP contribution >= 0.6 is 0 Å². The Morgan fingerprint density at radius 3 is 2.74 bits per heavy atom. The first-order valence-corrected chi connectivity index (χ1v) is 11.1. The van der Waals surface area contributed by atoms with E-state index in [4.69, 9.17) is 14.7 Å². The molecular formula is C23H21F2N9O. The maximum atomic E-state index is 14.1. The van der Waals surface area contributed by atoms with Crippen LogP contribution in [0.5, 0.6) is 0 Å². The average Bonchev–Trinajstić information content (AvgIpc) is 3.50. The molecule has 1 aliphatic heterocycles. The van der Waals surface area contributed by atoms with E-state index in [-0.39, 0.29) is 12.1 Å². The van der Waals surface area contributed by atoms with Crippen molar-refractivity contribution >= 4 is 34.0 Å². The molecule has 0 saturated carbocycles. The van der Waals surface area contributed by atoms with Gasteiger partial charge in [0.15, 0.2) is 28.6 Å². The standard InChI is InChI=1S/C23H21F2N9O/c1-13-10-14(4-5-26-13)34-12-28-20-21(31-23(32-22(20)34)33-6-8-35-9-7-33)27-11-17-29-16-3-2-15(24)18(25)19(16)30-17/h2-5,10,12H,6-9,11H2,1H3,(H,29,30)(H,27,31,32). The summed E-state index contributed by atoms with van der Waals surface area (Å²) in [6.45, 7) is 4.64. The van der Waals surface area contributed by atoms with Gasteiger partial charge in [0.2, 0.25) is 5.95 Å². The first kappa shape index (κ1) is 21.4. The quantitative estimate of drug-likeness (QED) is 0.397. The number of hydrogen-bond acceptors (Lipinski definition) is 8. The third kappa shape index (κ3) is 3.91. The number of aromatic nitrogens is 7. The molecule has 1 aliphatic rings. The molecule has 0 bridgehead atoms. The molecule has 4 aromatic heterocycles. The summed E-state index contributed by atoms with van der Waals surface area (Å²) in [6.07, 6.45) is 3.44. The molecule has 12 heteroatoms. The van der Waals surface area contributed by atoms with Gasteiger partial charge in [0.1, 0.15) is 17.7 Å². The van der Waals surface area contributed by atoms with E-state index in [1.54, 1.807) is 12.5 Å². The Morgan fingerprint density at radius 1 is 1.06 bits per heavy atom. The normalized spacial score (nSPS) is 14.2. The summed E-state index contributed by atoms with van der Waals surface area (Å²) in [6, 6.07) is 6.37. The number of nitrogens with one attached hydrogen (secondary N) is 2. The first-order valence-electron chi connectivity index (χ1n) is 11.1. The van der Waals surface area contributed by atoms with Crippen LogP contribution in [0.3, 0.4) is 0 Å². The number of fused-ring (bicyclic) bond motifs is 2. The Morgan fingerprint density at radius 2 is 1.91 bits per heavy atom. The van der Waals surface area contributed by atoms with Crippen LogP contribution in [0.2, 0.25) is 0 Å². The van der Waals surface area contributed by atoms with E-state index in [0.29, 0.717) is 60.6 Å². The highest BCUT2D eigenvalue weighted by Gasteiger charge is 2.20. The first-order chi connectivity index (χ1) is 17.1. The molecule has 0 amide bonds. The number of hydrogen-bond donors (Lipinski definition) is 2. The minimum Gasteiger partial charge on any atom is -0.378 e. The molecule has 5 heterocycles. The second-order valence-corrected chi connectivity index (χ2v) is 8.21. The van der Waals surface area contributed by atoms with Crippen LogP contribution in [-0.2, 0) is 11.3 Å². The monoisotopic (exact) mass is 477 g/mol. The Balaban J connectivity index is 1.40. The van der Waals surface area contributed by atoms with Crippen LogP contribution in [-0.4, -0.2) is 60.8 Å². The number of benzene rings is 1. The zero-order valence-electron chi connectivity index (χ0n) is 18.8. The summed E-state index contributed by atoms with van der Waals surface area (Å²) in [4.78, 5) is 27.7. The van der Waals surface area contributed by atoms with Gasteiger partial charge in [-0.05, 0) is 31.2 Å². The lowest BCUT2D eigenvalue weighted by Crippen LogP contribution is -2.37. The van der Waals surface area contributed by atoms with Gasteiger partial charge in [0, 0.05) is 25.0 Å². The number of ether oxygens (including phenoxy) is 1. The fourth-order valence-corrected chi connectivity index (χ4v) is 4.11. The van der Waals surface area contributed by atoms with Crippen LogP contribution in [0.15, 0.2) is 36.8 Å². The van der Waals surface area contributed by atoms with Crippen molar-refractivity contribution in [2.45, 2.75) is 13.5 Å². The van der Waals surface area contributed by atoms with Gasteiger partial charge in [-0.25, -0.2) is 18.7 Å². The van der Waals surface area contributed by atoms with Crippen molar-refractivity contribution in [3.63, 3.8) is 0 Å². The lowest BCUT2D eigenvalue weighted by Gasteiger charge is -2.27. The van der Waals surface area contributed by atoms with Crippen LogP contribution < -0.4 is 10.2 Å². The Kier molecular flexibility index (Phi) is 5.21. The molecule has 0 aliphatic carbocycles. The van der Waals surface area contributed by atoms with Crippen molar-refractivity contribution in [3.8, 4) is 5.69 Å². The largest absolute Gasteiger partial charge is 0.378 e. The Hall–Kier alpha value is -4.19. The molecule has 0 spiro atoms. The van der Waals surface area contributed by atoms with E-state index in [1.165, 1.54) is 6.07 Å². The maximum Gasteiger partial charge on any atom is 0.229 e. The highest BCUT2D eigenvalue weighted by Crippen LogP contribution is 2.26. The summed E-state index contributed by atoms with van der Waals surface area (Å²) >= 11 is 0. The Bertz CT molecular complexity index is 1540. The third-order valence-electron chi connectivity index (χ3n) is 5.85. The van der Waals surface area contributed by atoms with E-state index >= 15 is 0 Å². The van der Waals surface area contributed by atoms with Gasteiger partial charge in [0.05, 0.1) is 31.0 Å². The van der Waals surface area contributed by atoms with Crippen molar-refractivity contribution in [1.82, 2.24) is 34.5 Å². The van der Waals surface area contributed by atoms with Gasteiger partial charge in [0.25, 0.3) is 0 Å². The van der Waals surface area contributed by atoms with Crippen molar-refractivity contribution in [2.75, 3.05) is 36.5 Å². The van der Waals surface area contributed by atoms with Crippen molar-refractivity contribution in [3.05, 3.63) is 59.9 Å². The molecule has 6 rings (SSSR count). The minimum absolute atomic E-state index is 0.0408. The lowest BCUT2D eigenvalue weighted by atomic mass is 10.3. The van der Waals surface area contributed by atoms with Gasteiger partial charge in [-0.1, -0.05) is 0 Å². The van der Waals surface area contributed by atoms with Gasteiger partial charge in [-0.3, -0.25) is 9.55 Å². The number of rotatable bonds is 5. The Labute approximate surface area is 198 Å². The second kappa shape index (κ2) is 8.55. The van der Waals surface area contributed by atoms with Crippen molar-refractivity contribution in [2.24, 2.45) is 0 Å². The van der Waals surface area contributed by atoms with Gasteiger partial charge >= 0.3 is 0 Å². The third-order valence-corrected chi connectivity index (χ3v) is 5.85. The molecule has 5 aromatic rings. The van der Waals surface area contributed by atoms with Gasteiger partial charge in [-0.2, -0.15) is 9.97 Å². The van der Waals surface area contributed by atoms with Crippen LogP contribution in [0, 0.1) is 18.6 Å². The summed E-state index contributed by atoms with van der Waals surface area (Å²) in [5.74, 6) is -0.418. The number of anilines is 2. The van der Waals surface area contributed by atoms with Crippen molar-refractivity contribution < 1.29 is 13.5 Å². The number of nitrogens with zero attached hydrogens (tertiary/aromatic N) is 7. The van der Waals surface area contributed by atoms with Crippen LogP contribution in [0.1, 0.15) is 11.5 Å². The number of pyridine rings is 1. The smallest absolute Gasteiger partial charge is 0.229 e. The predicted molar refractivity (Wildman–Crippen MR) is 126 cm³/mol. The van der Waals surface area contributed by atoms with Gasteiger partial charge < -0.3 is 19.9 Å². The maximum absolute atomic E-state index is 14.1. The van der Waals surface area contributed by atoms with Crippen LogP contribution in [0.4, 0.5) is 20.5 Å². The summed E-state index contributed by atoms with van der Waals surface area (Å²) in [5, 5.41) is 3.25. The molecule has 0 atom stereocenters. The van der Waals surface area contributed by atoms with Crippen molar-refractivity contribution in [1.29, 1.82) is 0 Å². The van der Waals surface area contributed by atoms with E-state index < -0.39 is 11.6 Å². The fraction of sp³-hybridized carbons (Fsp3) is 0.261. The molecule has 0 radical (unpaired) electrons. The SMILES string of the molecule is Cc1cc(-n2cnc3c(NCc4nc5c(F)c(F)ccc5[nH]4)nc(N4CCOCC4)nc32)ccn1. The van der Waals surface area contributed by atoms with E-state index in [2.05, 4.69) is 30.2 Å². The number of halogens is 2. The zero-order chi connectivity index (χ0) is 23.9. The molecule has 0 unspecified atom stereocenters. The van der Waals surface area contributed by atoms with Gasteiger partial charge in [-0.15, -0.1) is 0 Å². The van der Waals surface area contributed by atoms with Crippen LogP contribution in [0.25, 0.3) is 27.9 Å². The van der Waals surface area contributed by atoms with E-state index in [1.807, 2.05) is 23.6 Å². The summed E-state index contributed by atoms with van der Waals surface area (Å²) in [5.41, 5.74) is 3.34. The fourth-order valence-electron chi connectivity index (χ4n) is 4.11. The highest BCUT2D eigenvalue weighted by molar-refractivity contribution is 5.85. The second-order valence-electron chi connectivity index (χ2n) is 8.21. The minimum atomic E-state index is -0.976. The molecule has 10 nitrogen and oxygen atoms in total. The van der Waals surface area contributed by atoms with E-state index in [9.17, 15) is 8.78 Å². The lowest BCUT2D eigenvalue weighted by molar-refractivity contribution is 0.122. The number of morpholine rings is 1. The molecule has 1 fully saturated rings. The molecule has 35 heavy (non-hydrogen) atoms. The number of H-pyrrole nitrogens is 1. The van der Waals surface area contributed by atoms with E-state index in [0.717, 1.165) is 17.4 Å². The molecule has 2 N–H and O–H groups in total. The topological polar surface area (TPSA) is 110 Å². The molecule has 1 aromatic carbocycles. The zero-order valence-corrected chi connectivity index (χ0v) is 18.8. The summed E-state index contributed by atoms with van der Waals surface area (Å²) < 4.78 is 35.0. The number of aromatic amines is 1. The molecule has 178 valence electrons. The highest BCUT2D eigenvalue weighted by atomic mass is 19.2. The molecule has 1 saturated heterocycles. The number of imidazole rings is 2. The number of aryl methyl sites for hydroxylation is 1.